The average Bonchev–Trinajstić information content (AvgIpc) is 2.66. The topological polar surface area (TPSA) is 73.8 Å². The number of nitrogens with zero attached hydrogens (tertiary/aromatic N) is 2. The predicted octanol–water partition coefficient (Wildman–Crippen LogP) is 2.57. The van der Waals surface area contributed by atoms with Gasteiger partial charge in [0.2, 0.25) is 10.0 Å². The summed E-state index contributed by atoms with van der Waals surface area (Å²) in [6.07, 6.45) is 12.7. The van der Waals surface area contributed by atoms with E-state index < -0.39 is 10.0 Å². The fourth-order valence-electron chi connectivity index (χ4n) is 5.16. The van der Waals surface area contributed by atoms with Crippen LogP contribution in [0.1, 0.15) is 64.7 Å². The molecule has 3 rings (SSSR count). The van der Waals surface area contributed by atoms with Crippen molar-refractivity contribution >= 4 is 16.0 Å². The van der Waals surface area contributed by atoms with Gasteiger partial charge in [-0.3, -0.25) is 4.99 Å². The SMILES string of the molecule is CCNC(=NCC1CCN(S(C)(=O)=O)CC1)NC1CCC2CCCCC2C1. The van der Waals surface area contributed by atoms with Gasteiger partial charge in [0.05, 0.1) is 6.26 Å². The van der Waals surface area contributed by atoms with Crippen molar-refractivity contribution in [3.63, 3.8) is 0 Å². The lowest BCUT2D eigenvalue weighted by Gasteiger charge is -2.40. The summed E-state index contributed by atoms with van der Waals surface area (Å²) in [5.41, 5.74) is 0. The minimum Gasteiger partial charge on any atom is -0.357 e. The smallest absolute Gasteiger partial charge is 0.211 e. The van der Waals surface area contributed by atoms with Crippen LogP contribution in [0.5, 0.6) is 0 Å². The van der Waals surface area contributed by atoms with Crippen molar-refractivity contribution < 1.29 is 8.42 Å². The molecular formula is C20H38N4O2S. The molecule has 0 aromatic heterocycles. The van der Waals surface area contributed by atoms with Gasteiger partial charge in [0.15, 0.2) is 5.96 Å². The third-order valence-corrected chi connectivity index (χ3v) is 8.08. The molecule has 3 unspecified atom stereocenters. The molecule has 156 valence electrons. The van der Waals surface area contributed by atoms with Crippen LogP contribution in [-0.2, 0) is 10.0 Å². The molecule has 3 fully saturated rings. The van der Waals surface area contributed by atoms with Gasteiger partial charge in [0.25, 0.3) is 0 Å². The number of hydrogen-bond acceptors (Lipinski definition) is 3. The van der Waals surface area contributed by atoms with Crippen molar-refractivity contribution in [2.24, 2.45) is 22.7 Å². The van der Waals surface area contributed by atoms with Gasteiger partial charge >= 0.3 is 0 Å². The van der Waals surface area contributed by atoms with E-state index in [-0.39, 0.29) is 0 Å². The van der Waals surface area contributed by atoms with E-state index in [2.05, 4.69) is 17.6 Å². The molecule has 3 aliphatic rings. The minimum atomic E-state index is -3.05. The summed E-state index contributed by atoms with van der Waals surface area (Å²) in [7, 11) is -3.05. The summed E-state index contributed by atoms with van der Waals surface area (Å²) in [4.78, 5) is 4.85. The molecule has 1 heterocycles. The number of guanidine groups is 1. The summed E-state index contributed by atoms with van der Waals surface area (Å²) in [6, 6.07) is 0.550. The van der Waals surface area contributed by atoms with Crippen LogP contribution in [0.2, 0.25) is 0 Å². The lowest BCUT2D eigenvalue weighted by Crippen LogP contribution is -2.47. The molecule has 3 atom stereocenters. The van der Waals surface area contributed by atoms with Gasteiger partial charge in [-0.15, -0.1) is 0 Å². The number of aliphatic imine (C=N–C) groups is 1. The van der Waals surface area contributed by atoms with Gasteiger partial charge in [0.1, 0.15) is 0 Å². The van der Waals surface area contributed by atoms with Crippen LogP contribution in [-0.4, -0.2) is 57.2 Å². The largest absolute Gasteiger partial charge is 0.357 e. The lowest BCUT2D eigenvalue weighted by molar-refractivity contribution is 0.150. The third-order valence-electron chi connectivity index (χ3n) is 6.77. The molecule has 1 aliphatic heterocycles. The fraction of sp³-hybridized carbons (Fsp3) is 0.950. The third kappa shape index (κ3) is 6.08. The molecule has 1 saturated heterocycles. The quantitative estimate of drug-likeness (QED) is 0.551. The number of sulfonamides is 1. The average molecular weight is 399 g/mol. The van der Waals surface area contributed by atoms with Crippen molar-refractivity contribution in [2.45, 2.75) is 70.8 Å². The summed E-state index contributed by atoms with van der Waals surface area (Å²) >= 11 is 0. The van der Waals surface area contributed by atoms with Crippen LogP contribution >= 0.6 is 0 Å². The first-order chi connectivity index (χ1) is 13.0. The van der Waals surface area contributed by atoms with E-state index in [1.807, 2.05) is 0 Å². The van der Waals surface area contributed by atoms with Crippen molar-refractivity contribution in [1.82, 2.24) is 14.9 Å². The van der Waals surface area contributed by atoms with Gasteiger partial charge < -0.3 is 10.6 Å². The molecule has 0 spiro atoms. The zero-order chi connectivity index (χ0) is 19.3. The summed E-state index contributed by atoms with van der Waals surface area (Å²) < 4.78 is 24.9. The van der Waals surface area contributed by atoms with E-state index in [4.69, 9.17) is 4.99 Å². The molecule has 2 aliphatic carbocycles. The van der Waals surface area contributed by atoms with E-state index in [1.165, 1.54) is 51.2 Å². The molecule has 0 amide bonds. The molecule has 0 radical (unpaired) electrons. The Kier molecular flexibility index (Phi) is 7.42. The Morgan fingerprint density at radius 2 is 1.74 bits per heavy atom. The van der Waals surface area contributed by atoms with Crippen LogP contribution in [0, 0.1) is 17.8 Å². The van der Waals surface area contributed by atoms with Gasteiger partial charge in [-0.25, -0.2) is 12.7 Å². The maximum Gasteiger partial charge on any atom is 0.211 e. The molecule has 7 heteroatoms. The van der Waals surface area contributed by atoms with Crippen LogP contribution in [0.25, 0.3) is 0 Å². The van der Waals surface area contributed by atoms with E-state index in [9.17, 15) is 8.42 Å². The highest BCUT2D eigenvalue weighted by Crippen LogP contribution is 2.40. The Hall–Kier alpha value is -0.820. The monoisotopic (exact) mass is 398 g/mol. The predicted molar refractivity (Wildman–Crippen MR) is 111 cm³/mol. The molecule has 0 bridgehead atoms. The van der Waals surface area contributed by atoms with E-state index in [0.29, 0.717) is 25.0 Å². The van der Waals surface area contributed by atoms with Crippen molar-refractivity contribution in [3.8, 4) is 0 Å². The van der Waals surface area contributed by atoms with Gasteiger partial charge in [-0.2, -0.15) is 0 Å². The standard InChI is InChI=1S/C20H38N4O2S/c1-3-21-20(22-15-16-10-12-24(13-11-16)27(2,25)26)23-19-9-8-17-6-4-5-7-18(17)14-19/h16-19H,3-15H2,1-2H3,(H2,21,22,23). The zero-order valence-corrected chi connectivity index (χ0v) is 17.9. The van der Waals surface area contributed by atoms with E-state index >= 15 is 0 Å². The Bertz CT molecular complexity index is 599. The highest BCUT2D eigenvalue weighted by atomic mass is 32.2. The maximum atomic E-state index is 11.6. The molecule has 2 N–H and O–H groups in total. The lowest BCUT2D eigenvalue weighted by atomic mass is 9.69. The van der Waals surface area contributed by atoms with Gasteiger partial charge in [-0.1, -0.05) is 25.7 Å². The Morgan fingerprint density at radius 3 is 2.41 bits per heavy atom. The molecule has 27 heavy (non-hydrogen) atoms. The van der Waals surface area contributed by atoms with Gasteiger partial charge in [-0.05, 0) is 56.8 Å². The number of piperidine rings is 1. The molecule has 0 aromatic rings. The first kappa shape index (κ1) is 20.9. The van der Waals surface area contributed by atoms with Crippen LogP contribution in [0.4, 0.5) is 0 Å². The fourth-order valence-corrected chi connectivity index (χ4v) is 6.04. The molecular weight excluding hydrogens is 360 g/mol. The van der Waals surface area contributed by atoms with Crippen LogP contribution in [0.3, 0.4) is 0 Å². The van der Waals surface area contributed by atoms with E-state index in [0.717, 1.165) is 43.7 Å². The maximum absolute atomic E-state index is 11.6. The summed E-state index contributed by atoms with van der Waals surface area (Å²) in [5.74, 6) is 3.30. The highest BCUT2D eigenvalue weighted by molar-refractivity contribution is 7.88. The highest BCUT2D eigenvalue weighted by Gasteiger charge is 2.32. The minimum absolute atomic E-state index is 0.479. The number of hydrogen-bond donors (Lipinski definition) is 2. The van der Waals surface area contributed by atoms with Crippen LogP contribution < -0.4 is 10.6 Å². The zero-order valence-electron chi connectivity index (χ0n) is 17.1. The number of fused-ring (bicyclic) bond motifs is 1. The first-order valence-corrected chi connectivity index (χ1v) is 12.8. The normalized spacial score (nSPS) is 31.3. The Balaban J connectivity index is 1.48. The van der Waals surface area contributed by atoms with Crippen molar-refractivity contribution in [3.05, 3.63) is 0 Å². The van der Waals surface area contributed by atoms with Crippen LogP contribution in [0.15, 0.2) is 4.99 Å². The van der Waals surface area contributed by atoms with Gasteiger partial charge in [0, 0.05) is 32.2 Å². The Labute approximate surface area is 165 Å². The second-order valence-electron chi connectivity index (χ2n) is 8.78. The molecule has 0 aromatic carbocycles. The van der Waals surface area contributed by atoms with E-state index in [1.54, 1.807) is 4.31 Å². The summed E-state index contributed by atoms with van der Waals surface area (Å²) in [6.45, 7) is 5.03. The number of rotatable bonds is 5. The summed E-state index contributed by atoms with van der Waals surface area (Å²) in [5, 5.41) is 7.10. The Morgan fingerprint density at radius 1 is 1.04 bits per heavy atom. The number of nitrogens with one attached hydrogen (secondary N) is 2. The first-order valence-electron chi connectivity index (χ1n) is 11.0. The second-order valence-corrected chi connectivity index (χ2v) is 10.8. The second kappa shape index (κ2) is 9.59. The van der Waals surface area contributed by atoms with Crippen molar-refractivity contribution in [1.29, 1.82) is 0 Å². The molecule has 2 saturated carbocycles. The van der Waals surface area contributed by atoms with Crippen molar-refractivity contribution in [2.75, 3.05) is 32.4 Å². The molecule has 6 nitrogen and oxygen atoms in total.